The second-order valence-electron chi connectivity index (χ2n) is 5.39. The fourth-order valence-electron chi connectivity index (χ4n) is 2.29. The van der Waals surface area contributed by atoms with Gasteiger partial charge in [0.05, 0.1) is 9.12 Å². The molecular formula is C15H14IN3O2. The van der Waals surface area contributed by atoms with Crippen molar-refractivity contribution < 1.29 is 9.63 Å². The van der Waals surface area contributed by atoms with Gasteiger partial charge in [-0.2, -0.15) is 4.98 Å². The van der Waals surface area contributed by atoms with Gasteiger partial charge < -0.3 is 9.63 Å². The van der Waals surface area contributed by atoms with Gasteiger partial charge in [0.2, 0.25) is 11.7 Å². The summed E-state index contributed by atoms with van der Waals surface area (Å²) in [4.78, 5) is 8.90. The summed E-state index contributed by atoms with van der Waals surface area (Å²) in [6.07, 6.45) is 2.68. The van der Waals surface area contributed by atoms with Gasteiger partial charge in [-0.15, -0.1) is 0 Å². The van der Waals surface area contributed by atoms with Crippen molar-refractivity contribution in [2.45, 2.75) is 25.7 Å². The van der Waals surface area contributed by atoms with Crippen molar-refractivity contribution in [1.29, 1.82) is 0 Å². The number of rotatable bonds is 2. The van der Waals surface area contributed by atoms with Crippen LogP contribution in [0.5, 0.6) is 5.75 Å². The summed E-state index contributed by atoms with van der Waals surface area (Å²) in [5.41, 5.74) is 1.65. The van der Waals surface area contributed by atoms with Crippen LogP contribution >= 0.6 is 22.6 Å². The van der Waals surface area contributed by atoms with E-state index in [1.54, 1.807) is 24.3 Å². The van der Waals surface area contributed by atoms with Crippen molar-refractivity contribution in [1.82, 2.24) is 10.1 Å². The standard InChI is InChI=1S/C15H14IN3O2/c1-9-7-15(2,8-17-12(9)16)14-18-13(19-21-14)10-3-5-11(20)6-4-10/h3-6,8,20H,7H2,1-2H3. The van der Waals surface area contributed by atoms with E-state index >= 15 is 0 Å². The molecule has 2 aromatic rings. The minimum atomic E-state index is -0.374. The predicted molar refractivity (Wildman–Crippen MR) is 88.6 cm³/mol. The topological polar surface area (TPSA) is 71.5 Å². The Balaban J connectivity index is 1.92. The number of aromatic hydroxyl groups is 1. The largest absolute Gasteiger partial charge is 0.508 e. The molecule has 0 aliphatic carbocycles. The Labute approximate surface area is 135 Å². The van der Waals surface area contributed by atoms with E-state index in [9.17, 15) is 5.11 Å². The molecule has 0 saturated carbocycles. The van der Waals surface area contributed by atoms with Gasteiger partial charge in [0, 0.05) is 11.8 Å². The summed E-state index contributed by atoms with van der Waals surface area (Å²) in [7, 11) is 0. The number of benzene rings is 1. The third-order valence-electron chi connectivity index (χ3n) is 3.49. The highest BCUT2D eigenvalue weighted by molar-refractivity contribution is 14.1. The quantitative estimate of drug-likeness (QED) is 0.620. The molecule has 1 unspecified atom stereocenters. The minimum Gasteiger partial charge on any atom is -0.508 e. The van der Waals surface area contributed by atoms with Crippen molar-refractivity contribution in [3.63, 3.8) is 0 Å². The van der Waals surface area contributed by atoms with E-state index in [4.69, 9.17) is 4.52 Å². The van der Waals surface area contributed by atoms with Crippen LogP contribution in [0, 0.1) is 0 Å². The number of nitrogens with zero attached hydrogens (tertiary/aromatic N) is 3. The molecule has 0 saturated heterocycles. The molecule has 1 aliphatic rings. The lowest BCUT2D eigenvalue weighted by molar-refractivity contribution is 0.336. The van der Waals surface area contributed by atoms with Crippen LogP contribution < -0.4 is 0 Å². The van der Waals surface area contributed by atoms with Crippen LogP contribution in [0.2, 0.25) is 0 Å². The molecule has 1 N–H and O–H groups in total. The van der Waals surface area contributed by atoms with Gasteiger partial charge in [0.25, 0.3) is 0 Å². The van der Waals surface area contributed by atoms with Crippen LogP contribution in [0.15, 0.2) is 43.1 Å². The third kappa shape index (κ3) is 2.72. The molecule has 1 atom stereocenters. The van der Waals surface area contributed by atoms with Gasteiger partial charge in [0.1, 0.15) is 5.75 Å². The molecule has 3 rings (SSSR count). The summed E-state index contributed by atoms with van der Waals surface area (Å²) >= 11 is 2.23. The van der Waals surface area contributed by atoms with Crippen molar-refractivity contribution >= 4 is 28.8 Å². The highest BCUT2D eigenvalue weighted by atomic mass is 127. The number of hydrogen-bond donors (Lipinski definition) is 1. The number of halogens is 1. The van der Waals surface area contributed by atoms with Gasteiger partial charge in [-0.1, -0.05) is 5.16 Å². The number of phenolic OH excluding ortho intramolecular Hbond substituents is 1. The Kier molecular flexibility index (Phi) is 3.56. The molecule has 5 nitrogen and oxygen atoms in total. The molecule has 1 aromatic heterocycles. The number of aliphatic imine (C=N–C) groups is 1. The highest BCUT2D eigenvalue weighted by Gasteiger charge is 2.34. The fourth-order valence-corrected chi connectivity index (χ4v) is 2.62. The lowest BCUT2D eigenvalue weighted by atomic mass is 9.84. The molecule has 2 heterocycles. The Hall–Kier alpha value is -1.70. The smallest absolute Gasteiger partial charge is 0.238 e. The molecule has 0 radical (unpaired) electrons. The molecule has 0 fully saturated rings. The van der Waals surface area contributed by atoms with E-state index in [0.717, 1.165) is 15.7 Å². The van der Waals surface area contributed by atoms with Crippen LogP contribution in [0.1, 0.15) is 26.2 Å². The summed E-state index contributed by atoms with van der Waals surface area (Å²) in [5.74, 6) is 1.28. The number of aromatic nitrogens is 2. The third-order valence-corrected chi connectivity index (χ3v) is 4.69. The zero-order valence-electron chi connectivity index (χ0n) is 11.7. The van der Waals surface area contributed by atoms with Gasteiger partial charge in [-0.3, -0.25) is 4.99 Å². The van der Waals surface area contributed by atoms with Crippen molar-refractivity contribution in [3.05, 3.63) is 39.4 Å². The Morgan fingerprint density at radius 2 is 2.00 bits per heavy atom. The molecule has 0 amide bonds. The molecule has 0 bridgehead atoms. The van der Waals surface area contributed by atoms with E-state index in [2.05, 4.69) is 44.6 Å². The number of phenols is 1. The molecule has 1 aliphatic heterocycles. The second kappa shape index (κ2) is 5.25. The van der Waals surface area contributed by atoms with E-state index in [1.165, 1.54) is 5.57 Å². The molecule has 108 valence electrons. The van der Waals surface area contributed by atoms with Crippen LogP contribution in [-0.2, 0) is 5.41 Å². The van der Waals surface area contributed by atoms with Crippen molar-refractivity contribution in [3.8, 4) is 17.1 Å². The first-order valence-corrected chi connectivity index (χ1v) is 7.60. The van der Waals surface area contributed by atoms with Crippen LogP contribution in [0.25, 0.3) is 11.4 Å². The molecule has 1 aromatic carbocycles. The molecule has 6 heteroatoms. The summed E-state index contributed by atoms with van der Waals surface area (Å²) in [6.45, 7) is 4.10. The van der Waals surface area contributed by atoms with Crippen molar-refractivity contribution in [2.75, 3.05) is 0 Å². The Morgan fingerprint density at radius 3 is 2.67 bits per heavy atom. The summed E-state index contributed by atoms with van der Waals surface area (Å²) in [6, 6.07) is 6.72. The maximum absolute atomic E-state index is 9.32. The lowest BCUT2D eigenvalue weighted by Gasteiger charge is -2.24. The monoisotopic (exact) mass is 395 g/mol. The average Bonchev–Trinajstić information content (AvgIpc) is 2.95. The average molecular weight is 395 g/mol. The molecule has 0 spiro atoms. The first-order valence-electron chi connectivity index (χ1n) is 6.52. The Morgan fingerprint density at radius 1 is 1.29 bits per heavy atom. The van der Waals surface area contributed by atoms with E-state index in [-0.39, 0.29) is 11.2 Å². The molecular weight excluding hydrogens is 381 g/mol. The molecule has 21 heavy (non-hydrogen) atoms. The number of hydrogen-bond acceptors (Lipinski definition) is 5. The van der Waals surface area contributed by atoms with Crippen LogP contribution in [-0.4, -0.2) is 21.5 Å². The normalized spacial score (nSPS) is 21.9. The maximum atomic E-state index is 9.32. The lowest BCUT2D eigenvalue weighted by Crippen LogP contribution is -2.27. The summed E-state index contributed by atoms with van der Waals surface area (Å²) < 4.78 is 6.45. The summed E-state index contributed by atoms with van der Waals surface area (Å²) in [5, 5.41) is 13.4. The first-order chi connectivity index (χ1) is 9.98. The number of allylic oxidation sites excluding steroid dienone is 1. The zero-order valence-corrected chi connectivity index (χ0v) is 13.8. The van der Waals surface area contributed by atoms with E-state index in [0.29, 0.717) is 11.7 Å². The van der Waals surface area contributed by atoms with E-state index < -0.39 is 0 Å². The van der Waals surface area contributed by atoms with Gasteiger partial charge in [-0.25, -0.2) is 0 Å². The first kappa shape index (κ1) is 14.2. The van der Waals surface area contributed by atoms with Gasteiger partial charge >= 0.3 is 0 Å². The maximum Gasteiger partial charge on any atom is 0.238 e. The van der Waals surface area contributed by atoms with E-state index in [1.807, 2.05) is 13.1 Å². The second-order valence-corrected chi connectivity index (χ2v) is 6.42. The van der Waals surface area contributed by atoms with Crippen molar-refractivity contribution in [2.24, 2.45) is 4.99 Å². The Bertz CT molecular complexity index is 734. The minimum absolute atomic E-state index is 0.212. The predicted octanol–water partition coefficient (Wildman–Crippen LogP) is 3.84. The fraction of sp³-hybridized carbons (Fsp3) is 0.267. The van der Waals surface area contributed by atoms with Gasteiger partial charge in [0.15, 0.2) is 0 Å². The van der Waals surface area contributed by atoms with Crippen LogP contribution in [0.3, 0.4) is 0 Å². The zero-order chi connectivity index (χ0) is 15.0. The van der Waals surface area contributed by atoms with Crippen LogP contribution in [0.4, 0.5) is 0 Å². The SMILES string of the molecule is CC1=C(I)N=CC(C)(c2nc(-c3ccc(O)cc3)no2)C1. The van der Waals surface area contributed by atoms with Gasteiger partial charge in [-0.05, 0) is 72.7 Å². The highest BCUT2D eigenvalue weighted by Crippen LogP contribution is 2.35.